The SMILES string of the molecule is CC(C)(C[C-](c1ccccc1)c1ccccc1)[SiH]c1cccc2cccc([PH+](c3ccccc3)c3ccccc3)c12.[Cu+]. The van der Waals surface area contributed by atoms with E-state index in [2.05, 4.69) is 172 Å². The van der Waals surface area contributed by atoms with Crippen LogP contribution in [0.4, 0.5) is 0 Å². The molecule has 0 aliphatic carbocycles. The first-order valence-electron chi connectivity index (χ1n) is 14.4. The fourth-order valence-corrected chi connectivity index (χ4v) is 10.7. The summed E-state index contributed by atoms with van der Waals surface area (Å²) in [7, 11) is -1.18. The van der Waals surface area contributed by atoms with Gasteiger partial charge in [-0.2, -0.15) is 0 Å². The molecule has 3 heteroatoms. The van der Waals surface area contributed by atoms with Crippen molar-refractivity contribution in [1.82, 2.24) is 0 Å². The zero-order chi connectivity index (χ0) is 28.1. The Balaban J connectivity index is 0.00000353. The van der Waals surface area contributed by atoms with Gasteiger partial charge in [-0.3, -0.25) is 0 Å². The normalized spacial score (nSPS) is 11.3. The molecule has 6 aromatic rings. The Morgan fingerprint density at radius 1 is 0.548 bits per heavy atom. The van der Waals surface area contributed by atoms with Gasteiger partial charge < -0.3 is 0 Å². The van der Waals surface area contributed by atoms with Crippen molar-refractivity contribution >= 4 is 49.3 Å². The molecule has 0 heterocycles. The maximum atomic E-state index is 2.47. The summed E-state index contributed by atoms with van der Waals surface area (Å²) in [5.74, 6) is 1.43. The Morgan fingerprint density at radius 3 is 1.50 bits per heavy atom. The predicted molar refractivity (Wildman–Crippen MR) is 184 cm³/mol. The van der Waals surface area contributed by atoms with Crippen LogP contribution < -0.4 is 21.1 Å². The van der Waals surface area contributed by atoms with Crippen LogP contribution in [-0.2, 0) is 17.1 Å². The van der Waals surface area contributed by atoms with Gasteiger partial charge in [-0.25, -0.2) is 0 Å². The second-order valence-corrected chi connectivity index (χ2v) is 16.3. The van der Waals surface area contributed by atoms with Gasteiger partial charge in [0.1, 0.15) is 15.9 Å². The Morgan fingerprint density at radius 2 is 1.00 bits per heavy atom. The van der Waals surface area contributed by atoms with Gasteiger partial charge in [0, 0.05) is 5.39 Å². The number of benzene rings is 6. The summed E-state index contributed by atoms with van der Waals surface area (Å²) < 4.78 is 0. The van der Waals surface area contributed by atoms with Gasteiger partial charge in [-0.05, 0) is 40.8 Å². The molecule has 6 rings (SSSR count). The maximum Gasteiger partial charge on any atom is 1.00 e. The van der Waals surface area contributed by atoms with Crippen LogP contribution in [0.5, 0.6) is 0 Å². The fraction of sp³-hybridized carbons (Fsp3) is 0.103. The molecule has 0 aromatic heterocycles. The van der Waals surface area contributed by atoms with E-state index in [0.717, 1.165) is 6.42 Å². The molecular formula is C39H36CuPSi+. The monoisotopic (exact) mass is 626 g/mol. The minimum atomic E-state index is -1.18. The van der Waals surface area contributed by atoms with Crippen LogP contribution in [-0.4, -0.2) is 9.52 Å². The molecule has 0 bridgehead atoms. The van der Waals surface area contributed by atoms with Crippen LogP contribution in [0.1, 0.15) is 31.4 Å². The Labute approximate surface area is 265 Å². The van der Waals surface area contributed by atoms with Crippen molar-refractivity contribution in [3.05, 3.63) is 175 Å². The van der Waals surface area contributed by atoms with E-state index in [9.17, 15) is 0 Å². The average molecular weight is 627 g/mol. The van der Waals surface area contributed by atoms with Gasteiger partial charge in [-0.15, -0.1) is 41.3 Å². The van der Waals surface area contributed by atoms with Crippen molar-refractivity contribution in [3.63, 3.8) is 0 Å². The average Bonchev–Trinajstić information content (AvgIpc) is 3.02. The molecule has 0 aliphatic heterocycles. The third kappa shape index (κ3) is 6.81. The van der Waals surface area contributed by atoms with E-state index in [4.69, 9.17) is 0 Å². The van der Waals surface area contributed by atoms with Crippen molar-refractivity contribution in [2.45, 2.75) is 25.3 Å². The van der Waals surface area contributed by atoms with Gasteiger partial charge in [0.05, 0.1) is 17.4 Å². The molecule has 0 amide bonds. The molecule has 0 saturated heterocycles. The third-order valence-corrected chi connectivity index (χ3v) is 12.3. The Kier molecular flexibility index (Phi) is 9.83. The van der Waals surface area contributed by atoms with Gasteiger partial charge in [0.2, 0.25) is 0 Å². The second-order valence-electron chi connectivity index (χ2n) is 11.4. The molecule has 0 saturated carbocycles. The number of rotatable bonds is 9. The van der Waals surface area contributed by atoms with Crippen molar-refractivity contribution < 1.29 is 17.1 Å². The molecule has 0 nitrogen and oxygen atoms in total. The van der Waals surface area contributed by atoms with Gasteiger partial charge in [0.15, 0.2) is 0 Å². The molecule has 42 heavy (non-hydrogen) atoms. The van der Waals surface area contributed by atoms with Gasteiger partial charge >= 0.3 is 17.1 Å². The van der Waals surface area contributed by atoms with Crippen molar-refractivity contribution in [1.29, 1.82) is 0 Å². The van der Waals surface area contributed by atoms with E-state index in [-0.39, 0.29) is 31.6 Å². The largest absolute Gasteiger partial charge is 1.00 e. The minimum absolute atomic E-state index is 0. The molecule has 0 atom stereocenters. The first kappa shape index (κ1) is 30.1. The summed E-state index contributed by atoms with van der Waals surface area (Å²) in [4.78, 5) is 0. The van der Waals surface area contributed by atoms with Crippen LogP contribution in [0, 0.1) is 5.92 Å². The summed E-state index contributed by atoms with van der Waals surface area (Å²) in [6, 6.07) is 58.1. The zero-order valence-electron chi connectivity index (χ0n) is 24.1. The first-order valence-corrected chi connectivity index (χ1v) is 17.1. The third-order valence-electron chi connectivity index (χ3n) is 7.75. The summed E-state index contributed by atoms with van der Waals surface area (Å²) in [5, 5.41) is 8.85. The van der Waals surface area contributed by atoms with E-state index in [0.29, 0.717) is 0 Å². The minimum Gasteiger partial charge on any atom is -0.120 e. The second kappa shape index (κ2) is 13.7. The summed E-state index contributed by atoms with van der Waals surface area (Å²) >= 11 is 0. The predicted octanol–water partition coefficient (Wildman–Crippen LogP) is 7.65. The Hall–Kier alpha value is -3.38. The van der Waals surface area contributed by atoms with Crippen molar-refractivity contribution in [2.24, 2.45) is 0 Å². The summed E-state index contributed by atoms with van der Waals surface area (Å²) in [6.45, 7) is 4.94. The quantitative estimate of drug-likeness (QED) is 0.0879. The molecule has 211 valence electrons. The number of hydrogen-bond acceptors (Lipinski definition) is 0. The van der Waals surface area contributed by atoms with E-state index in [1.165, 1.54) is 48.9 Å². The van der Waals surface area contributed by atoms with Crippen LogP contribution in [0.15, 0.2) is 158 Å². The smallest absolute Gasteiger partial charge is 0.120 e. The molecule has 0 fully saturated rings. The van der Waals surface area contributed by atoms with E-state index >= 15 is 0 Å². The molecule has 0 N–H and O–H groups in total. The molecular weight excluding hydrogens is 591 g/mol. The van der Waals surface area contributed by atoms with E-state index in [1.54, 1.807) is 0 Å². The summed E-state index contributed by atoms with van der Waals surface area (Å²) in [5.41, 5.74) is 2.65. The van der Waals surface area contributed by atoms with Gasteiger partial charge in [-0.1, -0.05) is 129 Å². The molecule has 0 spiro atoms. The Bertz CT molecular complexity index is 1620. The van der Waals surface area contributed by atoms with Crippen molar-refractivity contribution in [2.75, 3.05) is 0 Å². The van der Waals surface area contributed by atoms with E-state index < -0.39 is 7.92 Å². The molecule has 1 radical (unpaired) electrons. The first-order chi connectivity index (χ1) is 20.1. The van der Waals surface area contributed by atoms with Crippen LogP contribution in [0.3, 0.4) is 0 Å². The molecule has 0 unspecified atom stereocenters. The molecule has 6 aromatic carbocycles. The van der Waals surface area contributed by atoms with Crippen LogP contribution in [0.2, 0.25) is 5.04 Å². The zero-order valence-corrected chi connectivity index (χ0v) is 27.2. The standard InChI is InChI=1S/C39H35PSi.Cu/c1-39(2,29-35(30-17-7-3-8-18-30)31-19-9-4-10-20-31)41-37-28-16-22-32-21-15-27-36(38(32)37)40(33-23-11-5-12-24-33)34-25-13-6-14-26-34;/h3-28,41H,29H2,1-2H3;/q-1;+1/p+1. The number of fused-ring (bicyclic) bond motifs is 1. The van der Waals surface area contributed by atoms with Crippen molar-refractivity contribution in [3.8, 4) is 0 Å². The fourth-order valence-electron chi connectivity index (χ4n) is 5.96. The number of hydrogen-bond donors (Lipinski definition) is 0. The van der Waals surface area contributed by atoms with E-state index in [1.807, 2.05) is 0 Å². The van der Waals surface area contributed by atoms with Gasteiger partial charge in [0.25, 0.3) is 0 Å². The summed E-state index contributed by atoms with van der Waals surface area (Å²) in [6.07, 6.45) is 1.03. The van der Waals surface area contributed by atoms with Crippen LogP contribution in [0.25, 0.3) is 10.8 Å². The maximum absolute atomic E-state index is 2.47. The topological polar surface area (TPSA) is 0 Å². The van der Waals surface area contributed by atoms with Crippen LogP contribution >= 0.6 is 7.92 Å². The molecule has 0 aliphatic rings.